The number of benzene rings is 1. The highest BCUT2D eigenvalue weighted by atomic mass is 16.2. The molecule has 0 heterocycles. The van der Waals surface area contributed by atoms with Crippen LogP contribution in [0.25, 0.3) is 0 Å². The Balaban J connectivity index is 3.56. The van der Waals surface area contributed by atoms with Gasteiger partial charge in [0.25, 0.3) is 0 Å². The van der Waals surface area contributed by atoms with Gasteiger partial charge in [-0.25, -0.2) is 10.2 Å². The third-order valence-electron chi connectivity index (χ3n) is 2.81. The second-order valence-corrected chi connectivity index (χ2v) is 3.97. The molecular weight excluding hydrogens is 204 g/mol. The van der Waals surface area contributed by atoms with Gasteiger partial charge in [0.05, 0.1) is 7.05 Å². The van der Waals surface area contributed by atoms with Gasteiger partial charge in [0.2, 0.25) is 0 Å². The zero-order valence-corrected chi connectivity index (χ0v) is 9.74. The van der Waals surface area contributed by atoms with Crippen LogP contribution in [0.3, 0.4) is 0 Å². The van der Waals surface area contributed by atoms with Crippen LogP contribution in [0.4, 0.5) is 10.5 Å². The molecule has 0 aliphatic carbocycles. The molecule has 0 aliphatic heterocycles. The molecular formula is C11H17N4O+. The Morgan fingerprint density at radius 2 is 1.69 bits per heavy atom. The van der Waals surface area contributed by atoms with Gasteiger partial charge in [0.15, 0.2) is 5.69 Å². The van der Waals surface area contributed by atoms with Gasteiger partial charge in [-0.1, -0.05) is 18.2 Å². The second kappa shape index (κ2) is 3.94. The van der Waals surface area contributed by atoms with E-state index in [1.54, 1.807) is 0 Å². The maximum atomic E-state index is 11.5. The fourth-order valence-electron chi connectivity index (χ4n) is 1.86. The van der Waals surface area contributed by atoms with E-state index in [0.717, 1.165) is 11.1 Å². The zero-order valence-electron chi connectivity index (χ0n) is 9.74. The smallest absolute Gasteiger partial charge is 0.337 e. The van der Waals surface area contributed by atoms with E-state index in [9.17, 15) is 4.79 Å². The Labute approximate surface area is 94.8 Å². The second-order valence-electron chi connectivity index (χ2n) is 3.97. The Morgan fingerprint density at radius 3 is 2.00 bits per heavy atom. The molecule has 1 aromatic rings. The van der Waals surface area contributed by atoms with Crippen LogP contribution in [0.1, 0.15) is 11.1 Å². The van der Waals surface area contributed by atoms with Crippen molar-refractivity contribution in [2.75, 3.05) is 7.05 Å². The lowest BCUT2D eigenvalue weighted by molar-refractivity contribution is 0.234. The molecule has 0 aromatic heterocycles. The Bertz CT molecular complexity index is 419. The monoisotopic (exact) mass is 221 g/mol. The van der Waals surface area contributed by atoms with E-state index >= 15 is 0 Å². The molecule has 0 radical (unpaired) electrons. The maximum Gasteiger partial charge on any atom is 0.426 e. The minimum atomic E-state index is -0.662. The number of nitrogens with two attached hydrogens (primary N) is 2. The molecule has 1 atom stereocenters. The van der Waals surface area contributed by atoms with Gasteiger partial charge in [-0.2, -0.15) is 0 Å². The number of quaternary nitrogens is 1. The van der Waals surface area contributed by atoms with E-state index < -0.39 is 10.5 Å². The molecule has 0 aliphatic rings. The van der Waals surface area contributed by atoms with Crippen LogP contribution in [-0.2, 0) is 0 Å². The van der Waals surface area contributed by atoms with E-state index in [1.807, 2.05) is 32.0 Å². The molecule has 5 N–H and O–H groups in total. The summed E-state index contributed by atoms with van der Waals surface area (Å²) in [7, 11) is 1.53. The van der Waals surface area contributed by atoms with Gasteiger partial charge in [-0.3, -0.25) is 0 Å². The molecule has 86 valence electrons. The molecule has 1 unspecified atom stereocenters. The largest absolute Gasteiger partial charge is 0.426 e. The number of hydrogen-bond donors (Lipinski definition) is 3. The number of para-hydroxylation sites is 1. The summed E-state index contributed by atoms with van der Waals surface area (Å²) in [6, 6.07) is 4.96. The molecule has 0 saturated heterocycles. The molecule has 2 amide bonds. The van der Waals surface area contributed by atoms with Crippen molar-refractivity contribution in [2.45, 2.75) is 13.8 Å². The summed E-state index contributed by atoms with van der Waals surface area (Å²) < 4.78 is -0.488. The molecule has 0 fully saturated rings. The third-order valence-corrected chi connectivity index (χ3v) is 2.81. The maximum absolute atomic E-state index is 11.5. The summed E-state index contributed by atoms with van der Waals surface area (Å²) in [4.78, 5) is 11.5. The molecule has 1 rings (SSSR count). The van der Waals surface area contributed by atoms with Crippen LogP contribution >= 0.6 is 0 Å². The minimum absolute atomic E-state index is 0.287. The van der Waals surface area contributed by atoms with E-state index in [0.29, 0.717) is 5.69 Å². The lowest BCUT2D eigenvalue weighted by Crippen LogP contribution is -2.61. The number of urea groups is 1. The summed E-state index contributed by atoms with van der Waals surface area (Å²) >= 11 is 0. The summed E-state index contributed by atoms with van der Waals surface area (Å²) in [6.45, 7) is 3.73. The number of hydrogen-bond acceptors (Lipinski definition) is 2. The summed E-state index contributed by atoms with van der Waals surface area (Å²) in [5.41, 5.74) is 13.3. The van der Waals surface area contributed by atoms with Crippen LogP contribution in [0, 0.1) is 19.3 Å². The first-order valence-electron chi connectivity index (χ1n) is 4.89. The van der Waals surface area contributed by atoms with Crippen molar-refractivity contribution >= 4 is 17.7 Å². The van der Waals surface area contributed by atoms with Crippen molar-refractivity contribution < 1.29 is 4.79 Å². The lowest BCUT2D eigenvalue weighted by Gasteiger charge is -2.28. The Morgan fingerprint density at radius 1 is 1.25 bits per heavy atom. The van der Waals surface area contributed by atoms with Crippen LogP contribution in [0.2, 0.25) is 0 Å². The van der Waals surface area contributed by atoms with Crippen LogP contribution in [0.5, 0.6) is 0 Å². The molecule has 0 saturated carbocycles. The van der Waals surface area contributed by atoms with Gasteiger partial charge in [0.1, 0.15) is 0 Å². The van der Waals surface area contributed by atoms with Gasteiger partial charge >= 0.3 is 12.0 Å². The first-order valence-corrected chi connectivity index (χ1v) is 4.89. The molecule has 16 heavy (non-hydrogen) atoms. The summed E-state index contributed by atoms with van der Waals surface area (Å²) in [5, 5.41) is 7.56. The number of aryl methyl sites for hydroxylation is 2. The fraction of sp³-hybridized carbons (Fsp3) is 0.273. The fourth-order valence-corrected chi connectivity index (χ4v) is 1.86. The third kappa shape index (κ3) is 1.65. The van der Waals surface area contributed by atoms with E-state index in [4.69, 9.17) is 16.9 Å². The van der Waals surface area contributed by atoms with Gasteiger partial charge in [0, 0.05) is 11.1 Å². The highest BCUT2D eigenvalue weighted by Crippen LogP contribution is 2.29. The van der Waals surface area contributed by atoms with Crippen LogP contribution in [-0.4, -0.2) is 19.0 Å². The van der Waals surface area contributed by atoms with E-state index in [2.05, 4.69) is 0 Å². The van der Waals surface area contributed by atoms with E-state index in [1.165, 1.54) is 7.05 Å². The Hall–Kier alpha value is -1.88. The number of rotatable bonds is 1. The molecule has 5 heteroatoms. The predicted molar refractivity (Wildman–Crippen MR) is 65.1 cm³/mol. The molecule has 0 spiro atoms. The number of guanidine groups is 1. The number of amides is 2. The van der Waals surface area contributed by atoms with Gasteiger partial charge in [-0.05, 0) is 13.8 Å². The Kier molecular flexibility index (Phi) is 3.00. The summed E-state index contributed by atoms with van der Waals surface area (Å²) in [5.74, 6) is -0.287. The van der Waals surface area contributed by atoms with Crippen molar-refractivity contribution in [1.82, 2.24) is 4.48 Å². The average Bonchev–Trinajstić information content (AvgIpc) is 2.16. The molecule has 0 bridgehead atoms. The number of nitrogens with one attached hydrogen (secondary N) is 1. The standard InChI is InChI=1S/C11H16N4O/c1-7-5-4-6-8(2)9(7)15(3,10(12)13)11(14)16/h4-6H,1-3H3,(H4-,12,13,14,16)/p+1. The first-order chi connectivity index (χ1) is 7.31. The lowest BCUT2D eigenvalue weighted by atomic mass is 10.1. The normalized spacial score (nSPS) is 14.2. The van der Waals surface area contributed by atoms with Crippen LogP contribution < -0.4 is 16.0 Å². The van der Waals surface area contributed by atoms with Crippen molar-refractivity contribution in [3.63, 3.8) is 0 Å². The first kappa shape index (κ1) is 12.2. The van der Waals surface area contributed by atoms with E-state index in [-0.39, 0.29) is 5.96 Å². The van der Waals surface area contributed by atoms with Gasteiger partial charge < -0.3 is 11.5 Å². The van der Waals surface area contributed by atoms with Crippen molar-refractivity contribution in [3.8, 4) is 0 Å². The molecule has 1 aromatic carbocycles. The van der Waals surface area contributed by atoms with Crippen molar-refractivity contribution in [1.29, 1.82) is 5.41 Å². The topological polar surface area (TPSA) is 93.0 Å². The minimum Gasteiger partial charge on any atom is -0.337 e. The number of nitrogens with zero attached hydrogens (tertiary/aromatic N) is 1. The summed E-state index contributed by atoms with van der Waals surface area (Å²) in [6.07, 6.45) is 0. The van der Waals surface area contributed by atoms with Crippen molar-refractivity contribution in [2.24, 2.45) is 11.5 Å². The highest BCUT2D eigenvalue weighted by molar-refractivity contribution is 6.07. The number of primary amides is 1. The van der Waals surface area contributed by atoms with Crippen LogP contribution in [0.15, 0.2) is 18.2 Å². The highest BCUT2D eigenvalue weighted by Gasteiger charge is 2.39. The number of carbonyl (C=O) groups is 1. The van der Waals surface area contributed by atoms with Crippen molar-refractivity contribution in [3.05, 3.63) is 29.3 Å². The number of carbonyl (C=O) groups excluding carboxylic acids is 1. The zero-order chi connectivity index (χ0) is 12.5. The van der Waals surface area contributed by atoms with Gasteiger partial charge in [-0.15, -0.1) is 4.48 Å². The predicted octanol–water partition coefficient (Wildman–Crippen LogP) is 1.21. The molecule has 5 nitrogen and oxygen atoms in total. The quantitative estimate of drug-likeness (QED) is 0.378. The average molecular weight is 221 g/mol. The SMILES string of the molecule is Cc1cccc(C)c1[N+](C)(C(=N)N)C(N)=O.